The van der Waals surface area contributed by atoms with E-state index < -0.39 is 16.1 Å². The Morgan fingerprint density at radius 1 is 1.22 bits per heavy atom. The molecule has 23 heavy (non-hydrogen) atoms. The molecule has 0 aromatic heterocycles. The van der Waals surface area contributed by atoms with Gasteiger partial charge in [0.15, 0.2) is 0 Å². The summed E-state index contributed by atoms with van der Waals surface area (Å²) in [5.74, 6) is 0. The van der Waals surface area contributed by atoms with Crippen LogP contribution in [0.25, 0.3) is 0 Å². The molecular formula is C16H22N2O4S. The van der Waals surface area contributed by atoms with Gasteiger partial charge in [0.1, 0.15) is 0 Å². The van der Waals surface area contributed by atoms with Gasteiger partial charge in [0, 0.05) is 6.54 Å². The number of carbonyl (C=O) groups is 1. The quantitative estimate of drug-likeness (QED) is 0.895. The lowest BCUT2D eigenvalue weighted by Gasteiger charge is -2.43. The van der Waals surface area contributed by atoms with E-state index in [1.807, 2.05) is 6.92 Å². The van der Waals surface area contributed by atoms with E-state index in [1.54, 1.807) is 17.0 Å². The molecule has 7 heteroatoms. The number of nitrogens with one attached hydrogen (secondary N) is 1. The number of nitrogens with zero attached hydrogens (tertiary/aromatic N) is 1. The lowest BCUT2D eigenvalue weighted by atomic mass is 9.90. The van der Waals surface area contributed by atoms with E-state index in [0.717, 1.165) is 31.2 Å². The maximum atomic E-state index is 12.5. The fraction of sp³-hybridized carbons (Fsp3) is 0.562. The summed E-state index contributed by atoms with van der Waals surface area (Å²) < 4.78 is 32.7. The maximum Gasteiger partial charge on any atom is 0.331 e. The van der Waals surface area contributed by atoms with Gasteiger partial charge >= 0.3 is 6.03 Å². The maximum absolute atomic E-state index is 12.5. The number of fused-ring (bicyclic) bond motifs is 1. The zero-order valence-corrected chi connectivity index (χ0v) is 14.0. The number of hydrogen-bond acceptors (Lipinski definition) is 4. The average Bonchev–Trinajstić information content (AvgIpc) is 2.54. The predicted molar refractivity (Wildman–Crippen MR) is 85.6 cm³/mol. The van der Waals surface area contributed by atoms with E-state index in [1.165, 1.54) is 12.1 Å². The Labute approximate surface area is 136 Å². The normalized spacial score (nSPS) is 24.8. The molecule has 1 aromatic carbocycles. The van der Waals surface area contributed by atoms with Gasteiger partial charge < -0.3 is 9.64 Å². The molecule has 0 spiro atoms. The second-order valence-corrected chi connectivity index (χ2v) is 7.86. The van der Waals surface area contributed by atoms with Gasteiger partial charge in [0.05, 0.1) is 23.6 Å². The lowest BCUT2D eigenvalue weighted by molar-refractivity contribution is -0.0705. The molecule has 0 bridgehead atoms. The van der Waals surface area contributed by atoms with Crippen molar-refractivity contribution in [1.82, 2.24) is 9.62 Å². The number of rotatable bonds is 2. The minimum atomic E-state index is -3.85. The van der Waals surface area contributed by atoms with Crippen LogP contribution in [0, 0.1) is 6.92 Å². The summed E-state index contributed by atoms with van der Waals surface area (Å²) in [7, 11) is -3.85. The summed E-state index contributed by atoms with van der Waals surface area (Å²) in [6.45, 7) is 2.77. The highest BCUT2D eigenvalue weighted by Crippen LogP contribution is 2.28. The summed E-state index contributed by atoms with van der Waals surface area (Å²) in [5, 5.41) is 0. The lowest BCUT2D eigenvalue weighted by Crippen LogP contribution is -2.58. The zero-order chi connectivity index (χ0) is 16.4. The first kappa shape index (κ1) is 16.3. The summed E-state index contributed by atoms with van der Waals surface area (Å²) >= 11 is 0. The van der Waals surface area contributed by atoms with Crippen molar-refractivity contribution < 1.29 is 17.9 Å². The van der Waals surface area contributed by atoms with Gasteiger partial charge in [0.2, 0.25) is 0 Å². The Morgan fingerprint density at radius 2 is 1.91 bits per heavy atom. The van der Waals surface area contributed by atoms with Crippen molar-refractivity contribution in [3.05, 3.63) is 29.8 Å². The van der Waals surface area contributed by atoms with E-state index in [9.17, 15) is 13.2 Å². The van der Waals surface area contributed by atoms with Crippen molar-refractivity contribution >= 4 is 16.1 Å². The average molecular weight is 338 g/mol. The molecule has 2 atom stereocenters. The van der Waals surface area contributed by atoms with Gasteiger partial charge in [-0.25, -0.2) is 17.9 Å². The topological polar surface area (TPSA) is 75.7 Å². The van der Waals surface area contributed by atoms with Crippen LogP contribution in [0.15, 0.2) is 29.2 Å². The molecule has 1 aliphatic heterocycles. The summed E-state index contributed by atoms with van der Waals surface area (Å²) in [6.07, 6.45) is 3.96. The SMILES string of the molecule is Cc1ccc(S(=O)(=O)NC(=O)N2CCOC3CCCCC32)cc1. The van der Waals surface area contributed by atoms with Crippen molar-refractivity contribution in [3.8, 4) is 0 Å². The number of ether oxygens (including phenoxy) is 1. The second kappa shape index (κ2) is 6.49. The molecular weight excluding hydrogens is 316 g/mol. The Balaban J connectivity index is 1.73. The monoisotopic (exact) mass is 338 g/mol. The minimum Gasteiger partial charge on any atom is -0.374 e. The second-order valence-electron chi connectivity index (χ2n) is 6.18. The standard InChI is InChI=1S/C16H22N2O4S/c1-12-6-8-13(9-7-12)23(20,21)17-16(19)18-10-11-22-15-5-3-2-4-14(15)18/h6-9,14-15H,2-5,10-11H2,1H3,(H,17,19). The first-order chi connectivity index (χ1) is 11.0. The van der Waals surface area contributed by atoms with Crippen LogP contribution in [-0.2, 0) is 14.8 Å². The highest BCUT2D eigenvalue weighted by Gasteiger charge is 2.37. The largest absolute Gasteiger partial charge is 0.374 e. The van der Waals surface area contributed by atoms with Crippen LogP contribution in [0.4, 0.5) is 4.79 Å². The molecule has 1 saturated heterocycles. The molecule has 2 unspecified atom stereocenters. The summed E-state index contributed by atoms with van der Waals surface area (Å²) in [4.78, 5) is 14.2. The summed E-state index contributed by atoms with van der Waals surface area (Å²) in [6, 6.07) is 5.87. The van der Waals surface area contributed by atoms with E-state index in [-0.39, 0.29) is 17.0 Å². The predicted octanol–water partition coefficient (Wildman–Crippen LogP) is 2.04. The number of carbonyl (C=O) groups excluding carboxylic acids is 1. The molecule has 2 amide bonds. The highest BCUT2D eigenvalue weighted by molar-refractivity contribution is 7.90. The number of sulfonamides is 1. The van der Waals surface area contributed by atoms with E-state index in [4.69, 9.17) is 4.74 Å². The molecule has 1 saturated carbocycles. The summed E-state index contributed by atoms with van der Waals surface area (Å²) in [5.41, 5.74) is 0.966. The molecule has 1 aliphatic carbocycles. The Kier molecular flexibility index (Phi) is 4.59. The molecule has 2 aliphatic rings. The van der Waals surface area contributed by atoms with Crippen LogP contribution < -0.4 is 4.72 Å². The molecule has 1 heterocycles. The molecule has 2 fully saturated rings. The third kappa shape index (κ3) is 3.50. The molecule has 6 nitrogen and oxygen atoms in total. The minimum absolute atomic E-state index is 0.0225. The molecule has 1 N–H and O–H groups in total. The van der Waals surface area contributed by atoms with Crippen molar-refractivity contribution in [3.63, 3.8) is 0 Å². The van der Waals surface area contributed by atoms with E-state index in [2.05, 4.69) is 4.72 Å². The van der Waals surface area contributed by atoms with Crippen LogP contribution in [-0.4, -0.2) is 44.6 Å². The zero-order valence-electron chi connectivity index (χ0n) is 13.2. The molecule has 3 rings (SSSR count). The molecule has 1 aromatic rings. The highest BCUT2D eigenvalue weighted by atomic mass is 32.2. The Morgan fingerprint density at radius 3 is 2.65 bits per heavy atom. The molecule has 126 valence electrons. The van der Waals surface area contributed by atoms with Gasteiger partial charge in [-0.2, -0.15) is 0 Å². The number of aryl methyl sites for hydroxylation is 1. The number of amides is 2. The fourth-order valence-corrected chi connectivity index (χ4v) is 4.26. The van der Waals surface area contributed by atoms with Crippen molar-refractivity contribution in [1.29, 1.82) is 0 Å². The first-order valence-electron chi connectivity index (χ1n) is 7.99. The van der Waals surface area contributed by atoms with Crippen LogP contribution in [0.3, 0.4) is 0 Å². The smallest absolute Gasteiger partial charge is 0.331 e. The van der Waals surface area contributed by atoms with E-state index >= 15 is 0 Å². The Hall–Kier alpha value is -1.60. The number of benzene rings is 1. The number of hydrogen-bond donors (Lipinski definition) is 1. The van der Waals surface area contributed by atoms with Crippen molar-refractivity contribution in [2.45, 2.75) is 49.6 Å². The van der Waals surface area contributed by atoms with Crippen LogP contribution >= 0.6 is 0 Å². The van der Waals surface area contributed by atoms with Crippen LogP contribution in [0.1, 0.15) is 31.2 Å². The third-order valence-corrected chi connectivity index (χ3v) is 5.88. The van der Waals surface area contributed by atoms with Crippen molar-refractivity contribution in [2.75, 3.05) is 13.2 Å². The van der Waals surface area contributed by atoms with Crippen LogP contribution in [0.2, 0.25) is 0 Å². The van der Waals surface area contributed by atoms with Gasteiger partial charge in [-0.1, -0.05) is 30.5 Å². The fourth-order valence-electron chi connectivity index (χ4n) is 3.30. The van der Waals surface area contributed by atoms with Gasteiger partial charge in [-0.3, -0.25) is 0 Å². The Bertz CT molecular complexity index is 670. The van der Waals surface area contributed by atoms with Crippen LogP contribution in [0.5, 0.6) is 0 Å². The van der Waals surface area contributed by atoms with Gasteiger partial charge in [0.25, 0.3) is 10.0 Å². The third-order valence-electron chi connectivity index (χ3n) is 4.55. The number of morpholine rings is 1. The molecule has 0 radical (unpaired) electrons. The van der Waals surface area contributed by atoms with Gasteiger partial charge in [-0.15, -0.1) is 0 Å². The number of urea groups is 1. The van der Waals surface area contributed by atoms with Crippen molar-refractivity contribution in [2.24, 2.45) is 0 Å². The van der Waals surface area contributed by atoms with Gasteiger partial charge in [-0.05, 0) is 31.9 Å². The first-order valence-corrected chi connectivity index (χ1v) is 9.47. The van der Waals surface area contributed by atoms with E-state index in [0.29, 0.717) is 13.2 Å².